The van der Waals surface area contributed by atoms with Gasteiger partial charge in [0.15, 0.2) is 5.17 Å². The Morgan fingerprint density at radius 2 is 1.75 bits per heavy atom. The van der Waals surface area contributed by atoms with E-state index in [9.17, 15) is 14.4 Å². The van der Waals surface area contributed by atoms with Gasteiger partial charge in [-0.25, -0.2) is 9.89 Å². The number of nitrogens with zero attached hydrogens (tertiary/aromatic N) is 3. The van der Waals surface area contributed by atoms with Gasteiger partial charge in [0.2, 0.25) is 11.8 Å². The maximum Gasteiger partial charge on any atom is 0.259 e. The fourth-order valence-corrected chi connectivity index (χ4v) is 5.49. The van der Waals surface area contributed by atoms with E-state index in [4.69, 9.17) is 9.73 Å². The average molecular weight is 556 g/mol. The van der Waals surface area contributed by atoms with Crippen LogP contribution >= 0.6 is 11.8 Å². The number of nitrogens with one attached hydrogen (secondary N) is 2. The molecule has 3 aromatic carbocycles. The number of rotatable bonds is 9. The van der Waals surface area contributed by atoms with Crippen molar-refractivity contribution in [1.82, 2.24) is 10.2 Å². The summed E-state index contributed by atoms with van der Waals surface area (Å²) in [7, 11) is 1.55. The molecule has 2 atom stereocenters. The van der Waals surface area contributed by atoms with Crippen LogP contribution in [0.25, 0.3) is 0 Å². The summed E-state index contributed by atoms with van der Waals surface area (Å²) in [6.45, 7) is 2.27. The summed E-state index contributed by atoms with van der Waals surface area (Å²) >= 11 is 1.20. The van der Waals surface area contributed by atoms with Crippen LogP contribution in [0.3, 0.4) is 0 Å². The van der Waals surface area contributed by atoms with E-state index in [2.05, 4.69) is 15.6 Å². The molecule has 2 heterocycles. The second-order valence-electron chi connectivity index (χ2n) is 9.22. The van der Waals surface area contributed by atoms with Crippen LogP contribution in [-0.2, 0) is 20.9 Å². The van der Waals surface area contributed by atoms with Gasteiger partial charge in [-0.3, -0.25) is 19.4 Å². The number of fused-ring (bicyclic) bond motifs is 3. The molecule has 3 amide bonds. The minimum absolute atomic E-state index is 0.0860. The first kappa shape index (κ1) is 27.1. The van der Waals surface area contributed by atoms with Crippen molar-refractivity contribution in [2.75, 3.05) is 12.4 Å². The van der Waals surface area contributed by atoms with E-state index in [1.807, 2.05) is 73.7 Å². The third-order valence-corrected chi connectivity index (χ3v) is 7.85. The minimum Gasteiger partial charge on any atom is -0.495 e. The Kier molecular flexibility index (Phi) is 8.26. The average Bonchev–Trinajstić information content (AvgIpc) is 3.31. The Bertz CT molecular complexity index is 1490. The predicted molar refractivity (Wildman–Crippen MR) is 157 cm³/mol. The molecule has 2 aliphatic heterocycles. The van der Waals surface area contributed by atoms with Crippen LogP contribution in [0.15, 0.2) is 88.8 Å². The number of carbonyl (C=O) groups is 3. The van der Waals surface area contributed by atoms with Gasteiger partial charge in [0.25, 0.3) is 5.91 Å². The van der Waals surface area contributed by atoms with E-state index < -0.39 is 11.3 Å². The Morgan fingerprint density at radius 3 is 2.52 bits per heavy atom. The zero-order valence-electron chi connectivity index (χ0n) is 22.2. The fourth-order valence-electron chi connectivity index (χ4n) is 4.47. The number of methoxy groups -OCH3 is 1. The number of hydrogen-bond donors (Lipinski definition) is 2. The van der Waals surface area contributed by atoms with Gasteiger partial charge in [0, 0.05) is 12.1 Å². The van der Waals surface area contributed by atoms with Gasteiger partial charge in [0.1, 0.15) is 17.6 Å². The van der Waals surface area contributed by atoms with Gasteiger partial charge in [-0.05, 0) is 36.2 Å². The molecule has 9 nitrogen and oxygen atoms in total. The van der Waals surface area contributed by atoms with E-state index >= 15 is 0 Å². The molecule has 3 aromatic rings. The Balaban J connectivity index is 1.34. The maximum absolute atomic E-state index is 13.6. The number of thioether (sulfide) groups is 1. The summed E-state index contributed by atoms with van der Waals surface area (Å²) in [5, 5.41) is 5.61. The van der Waals surface area contributed by atoms with Crippen molar-refractivity contribution in [3.05, 3.63) is 90.0 Å². The number of aliphatic imine (C=N–C) groups is 2. The number of hydrogen-bond acceptors (Lipinski definition) is 7. The highest BCUT2D eigenvalue weighted by atomic mass is 32.2. The number of carbonyl (C=O) groups excluding carboxylic acids is 3. The van der Waals surface area contributed by atoms with Gasteiger partial charge in [-0.2, -0.15) is 0 Å². The van der Waals surface area contributed by atoms with E-state index in [0.29, 0.717) is 46.7 Å². The lowest BCUT2D eigenvalue weighted by Gasteiger charge is -2.27. The summed E-state index contributed by atoms with van der Waals surface area (Å²) in [4.78, 5) is 50.5. The second-order valence-corrected chi connectivity index (χ2v) is 10.4. The molecule has 204 valence electrons. The number of amidine groups is 2. The third kappa shape index (κ3) is 5.76. The van der Waals surface area contributed by atoms with Crippen LogP contribution in [-0.4, -0.2) is 52.0 Å². The number of ether oxygens (including phenoxy) is 1. The number of amides is 3. The largest absolute Gasteiger partial charge is 0.495 e. The maximum atomic E-state index is 13.6. The van der Waals surface area contributed by atoms with Gasteiger partial charge in [-0.15, -0.1) is 0 Å². The van der Waals surface area contributed by atoms with Crippen molar-refractivity contribution in [3.8, 4) is 5.75 Å². The SMILES string of the molecule is CCC(SC1=Nc2ccccc2C2=NC(CC(=O)NCc3ccccc3)C(=O)N12)C(=O)Nc1ccccc1OC. The van der Waals surface area contributed by atoms with Crippen molar-refractivity contribution in [1.29, 1.82) is 0 Å². The molecule has 0 aromatic heterocycles. The third-order valence-electron chi connectivity index (χ3n) is 6.53. The first-order chi connectivity index (χ1) is 19.5. The molecule has 2 N–H and O–H groups in total. The Hall–Kier alpha value is -4.44. The van der Waals surface area contributed by atoms with Gasteiger partial charge >= 0.3 is 0 Å². The number of para-hydroxylation sites is 3. The number of benzene rings is 3. The lowest BCUT2D eigenvalue weighted by atomic mass is 10.1. The molecule has 40 heavy (non-hydrogen) atoms. The van der Waals surface area contributed by atoms with E-state index in [0.717, 1.165) is 5.56 Å². The van der Waals surface area contributed by atoms with Crippen molar-refractivity contribution >= 4 is 51.9 Å². The van der Waals surface area contributed by atoms with Crippen LogP contribution < -0.4 is 15.4 Å². The quantitative estimate of drug-likeness (QED) is 0.404. The molecule has 2 aliphatic rings. The first-order valence-corrected chi connectivity index (χ1v) is 13.9. The highest BCUT2D eigenvalue weighted by molar-refractivity contribution is 8.15. The molecule has 5 rings (SSSR count). The van der Waals surface area contributed by atoms with Gasteiger partial charge < -0.3 is 15.4 Å². The van der Waals surface area contributed by atoms with Crippen LogP contribution in [0.5, 0.6) is 5.75 Å². The molecular weight excluding hydrogens is 526 g/mol. The Labute approximate surface area is 236 Å². The summed E-state index contributed by atoms with van der Waals surface area (Å²) in [5.74, 6) is 0.149. The van der Waals surface area contributed by atoms with Crippen LogP contribution in [0.4, 0.5) is 11.4 Å². The van der Waals surface area contributed by atoms with Gasteiger partial charge in [-0.1, -0.05) is 73.3 Å². The van der Waals surface area contributed by atoms with Gasteiger partial charge in [0.05, 0.1) is 30.2 Å². The fraction of sp³-hybridized carbons (Fsp3) is 0.233. The molecule has 0 fully saturated rings. The smallest absolute Gasteiger partial charge is 0.259 e. The first-order valence-electron chi connectivity index (χ1n) is 13.0. The lowest BCUT2D eigenvalue weighted by Crippen LogP contribution is -2.43. The zero-order chi connectivity index (χ0) is 28.1. The predicted octanol–water partition coefficient (Wildman–Crippen LogP) is 4.51. The molecule has 0 aliphatic carbocycles. The molecule has 2 unspecified atom stereocenters. The van der Waals surface area contributed by atoms with E-state index in [1.165, 1.54) is 16.7 Å². The second kappa shape index (κ2) is 12.2. The van der Waals surface area contributed by atoms with Crippen molar-refractivity contribution in [2.24, 2.45) is 9.98 Å². The number of anilines is 1. The lowest BCUT2D eigenvalue weighted by molar-refractivity contribution is -0.128. The molecule has 0 radical (unpaired) electrons. The topological polar surface area (TPSA) is 112 Å². The zero-order valence-corrected chi connectivity index (χ0v) is 23.0. The van der Waals surface area contributed by atoms with Crippen molar-refractivity contribution in [3.63, 3.8) is 0 Å². The molecule has 10 heteroatoms. The van der Waals surface area contributed by atoms with Crippen LogP contribution in [0.2, 0.25) is 0 Å². The molecule has 0 spiro atoms. The van der Waals surface area contributed by atoms with E-state index in [-0.39, 0.29) is 24.1 Å². The summed E-state index contributed by atoms with van der Waals surface area (Å²) < 4.78 is 5.36. The van der Waals surface area contributed by atoms with Crippen molar-refractivity contribution in [2.45, 2.75) is 37.6 Å². The van der Waals surface area contributed by atoms with Crippen LogP contribution in [0.1, 0.15) is 30.9 Å². The standard InChI is InChI=1S/C30H29N5O4S/c1-3-25(28(37)33-22-15-9-10-16-24(22)39-2)40-30-34-21-14-8-7-13-20(21)27-32-23(29(38)35(27)30)17-26(36)31-18-19-11-5-4-6-12-19/h4-16,23,25H,3,17-18H2,1-2H3,(H,31,36)(H,33,37). The molecule has 0 saturated carbocycles. The normalized spacial score (nSPS) is 16.3. The molecular formula is C30H29N5O4S. The molecule has 0 bridgehead atoms. The highest BCUT2D eigenvalue weighted by Crippen LogP contribution is 2.36. The summed E-state index contributed by atoms with van der Waals surface area (Å²) in [6, 6.07) is 23.3. The summed E-state index contributed by atoms with van der Waals surface area (Å²) in [6.07, 6.45) is 0.406. The van der Waals surface area contributed by atoms with Crippen molar-refractivity contribution < 1.29 is 19.1 Å². The van der Waals surface area contributed by atoms with Crippen LogP contribution in [0, 0.1) is 0 Å². The summed E-state index contributed by atoms with van der Waals surface area (Å²) in [5.41, 5.74) is 2.89. The van der Waals surface area contributed by atoms with E-state index in [1.54, 1.807) is 19.2 Å². The Morgan fingerprint density at radius 1 is 1.02 bits per heavy atom. The minimum atomic E-state index is -0.884. The monoisotopic (exact) mass is 555 g/mol. The molecule has 0 saturated heterocycles. The highest BCUT2D eigenvalue weighted by Gasteiger charge is 2.43.